The Morgan fingerprint density at radius 3 is 2.96 bits per heavy atom. The summed E-state index contributed by atoms with van der Waals surface area (Å²) in [6.07, 6.45) is 0.373. The summed E-state index contributed by atoms with van der Waals surface area (Å²) in [5.41, 5.74) is 2.55. The molecule has 23 heavy (non-hydrogen) atoms. The van der Waals surface area contributed by atoms with Crippen LogP contribution in [0.5, 0.6) is 0 Å². The number of fused-ring (bicyclic) bond motifs is 2. The van der Waals surface area contributed by atoms with Gasteiger partial charge in [0.25, 0.3) is 0 Å². The van der Waals surface area contributed by atoms with E-state index in [9.17, 15) is 14.3 Å². The molecule has 0 spiro atoms. The first-order valence-electron chi connectivity index (χ1n) is 7.26. The minimum absolute atomic E-state index is 0.0249. The van der Waals surface area contributed by atoms with Crippen molar-refractivity contribution in [2.24, 2.45) is 0 Å². The van der Waals surface area contributed by atoms with Crippen molar-refractivity contribution in [3.8, 4) is 0 Å². The van der Waals surface area contributed by atoms with Crippen molar-refractivity contribution in [3.05, 3.63) is 53.3 Å². The molecule has 0 aliphatic carbocycles. The first-order chi connectivity index (χ1) is 11.1. The van der Waals surface area contributed by atoms with Gasteiger partial charge in [-0.15, -0.1) is 0 Å². The van der Waals surface area contributed by atoms with E-state index >= 15 is 0 Å². The van der Waals surface area contributed by atoms with E-state index < -0.39 is 18.2 Å². The monoisotopic (exact) mass is 311 g/mol. The highest BCUT2D eigenvalue weighted by Gasteiger charge is 2.25. The summed E-state index contributed by atoms with van der Waals surface area (Å²) in [5.74, 6) is -2.03. The molecule has 1 aliphatic heterocycles. The molecule has 5 nitrogen and oxygen atoms in total. The molecule has 0 saturated heterocycles. The molecule has 0 bridgehead atoms. The minimum Gasteiger partial charge on any atom is -0.550 e. The van der Waals surface area contributed by atoms with Crippen LogP contribution >= 0.6 is 0 Å². The van der Waals surface area contributed by atoms with Crippen LogP contribution < -0.4 is 10.0 Å². The largest absolute Gasteiger partial charge is 0.550 e. The summed E-state index contributed by atoms with van der Waals surface area (Å²) < 4.78 is 20.0. The molecule has 1 aliphatic rings. The molecule has 2 heterocycles. The van der Waals surface area contributed by atoms with Crippen LogP contribution in [0.2, 0.25) is 0 Å². The van der Waals surface area contributed by atoms with Crippen LogP contribution in [-0.4, -0.2) is 17.5 Å². The normalized spacial score (nSPS) is 13.5. The van der Waals surface area contributed by atoms with E-state index in [2.05, 4.69) is 4.98 Å². The molecule has 0 atom stereocenters. The summed E-state index contributed by atoms with van der Waals surface area (Å²) in [5, 5.41) is 10.7. The molecule has 0 fully saturated rings. The number of carboxylic acid groups (broad SMARTS) is 1. The Morgan fingerprint density at radius 2 is 2.13 bits per heavy atom. The van der Waals surface area contributed by atoms with E-state index in [1.54, 1.807) is 6.07 Å². The number of anilines is 2. The van der Waals surface area contributed by atoms with Gasteiger partial charge in [0.2, 0.25) is 0 Å². The van der Waals surface area contributed by atoms with Crippen molar-refractivity contribution in [3.63, 3.8) is 0 Å². The third kappa shape index (κ3) is 2.23. The maximum atomic E-state index is 14.4. The molecule has 0 amide bonds. The molecule has 6 heteroatoms. The van der Waals surface area contributed by atoms with Crippen molar-refractivity contribution < 1.29 is 18.7 Å². The average Bonchev–Trinajstić information content (AvgIpc) is 3.13. The molecule has 116 valence electrons. The Morgan fingerprint density at radius 1 is 1.30 bits per heavy atom. The molecule has 0 saturated carbocycles. The van der Waals surface area contributed by atoms with E-state index in [0.29, 0.717) is 18.1 Å². The zero-order chi connectivity index (χ0) is 16.0. The molecule has 1 aromatic heterocycles. The number of aliphatic carboxylic acids is 1. The SMILES string of the molecule is O=C([O-])Cc1ccc2nc(N3CCc4ccccc43)oc2c1F. The first kappa shape index (κ1) is 13.8. The first-order valence-corrected chi connectivity index (χ1v) is 7.26. The van der Waals surface area contributed by atoms with Crippen molar-refractivity contribution in [1.29, 1.82) is 0 Å². The van der Waals surface area contributed by atoms with Gasteiger partial charge < -0.3 is 14.3 Å². The molecule has 0 unspecified atom stereocenters. The van der Waals surface area contributed by atoms with E-state index in [4.69, 9.17) is 4.42 Å². The number of carbonyl (C=O) groups is 1. The van der Waals surface area contributed by atoms with Gasteiger partial charge in [0, 0.05) is 24.6 Å². The number of carbonyl (C=O) groups excluding carboxylic acids is 1. The Balaban J connectivity index is 1.78. The van der Waals surface area contributed by atoms with Gasteiger partial charge >= 0.3 is 6.01 Å². The molecule has 4 rings (SSSR count). The Kier molecular flexibility index (Phi) is 3.04. The van der Waals surface area contributed by atoms with Crippen molar-refractivity contribution in [2.75, 3.05) is 11.4 Å². The van der Waals surface area contributed by atoms with Gasteiger partial charge in [-0.1, -0.05) is 24.3 Å². The summed E-state index contributed by atoms with van der Waals surface area (Å²) in [4.78, 5) is 16.9. The van der Waals surface area contributed by atoms with E-state index in [1.807, 2.05) is 29.2 Å². The fourth-order valence-corrected chi connectivity index (χ4v) is 2.93. The highest BCUT2D eigenvalue weighted by molar-refractivity contribution is 5.79. The lowest BCUT2D eigenvalue weighted by atomic mass is 10.1. The number of benzene rings is 2. The maximum absolute atomic E-state index is 14.4. The fourth-order valence-electron chi connectivity index (χ4n) is 2.93. The number of aromatic nitrogens is 1. The van der Waals surface area contributed by atoms with Gasteiger partial charge in [-0.05, 0) is 29.7 Å². The van der Waals surface area contributed by atoms with Crippen LogP contribution in [-0.2, 0) is 17.6 Å². The standard InChI is InChI=1S/C17H13FN2O3/c18-15-11(9-14(21)22)5-6-12-16(15)23-17(19-12)20-8-7-10-3-1-2-4-13(10)20/h1-6H,7-9H2,(H,21,22)/p-1. The van der Waals surface area contributed by atoms with Gasteiger partial charge in [-0.3, -0.25) is 4.90 Å². The summed E-state index contributed by atoms with van der Waals surface area (Å²) in [6, 6.07) is 11.2. The second-order valence-corrected chi connectivity index (χ2v) is 5.46. The fraction of sp³-hybridized carbons (Fsp3) is 0.176. The van der Waals surface area contributed by atoms with Gasteiger partial charge in [0.15, 0.2) is 11.4 Å². The summed E-state index contributed by atoms with van der Waals surface area (Å²) in [6.45, 7) is 0.708. The Hall–Kier alpha value is -2.89. The molecular formula is C17H12FN2O3-. The number of carboxylic acids is 1. The Labute approximate surface area is 131 Å². The summed E-state index contributed by atoms with van der Waals surface area (Å²) in [7, 11) is 0. The van der Waals surface area contributed by atoms with Gasteiger partial charge in [-0.25, -0.2) is 4.39 Å². The topological polar surface area (TPSA) is 69.4 Å². The second kappa shape index (κ2) is 5.08. The number of halogens is 1. The lowest BCUT2D eigenvalue weighted by Crippen LogP contribution is -2.24. The predicted molar refractivity (Wildman–Crippen MR) is 79.8 cm³/mol. The van der Waals surface area contributed by atoms with E-state index in [1.165, 1.54) is 11.6 Å². The Bertz CT molecular complexity index is 919. The smallest absolute Gasteiger partial charge is 0.303 e. The van der Waals surface area contributed by atoms with Crippen molar-refractivity contribution >= 4 is 28.8 Å². The molecule has 0 N–H and O–H groups in total. The zero-order valence-electron chi connectivity index (χ0n) is 12.1. The predicted octanol–water partition coefficient (Wildman–Crippen LogP) is 1.95. The lowest BCUT2D eigenvalue weighted by Gasteiger charge is -2.13. The lowest BCUT2D eigenvalue weighted by molar-refractivity contribution is -0.304. The number of oxazole rings is 1. The zero-order valence-corrected chi connectivity index (χ0v) is 12.1. The summed E-state index contributed by atoms with van der Waals surface area (Å²) >= 11 is 0. The van der Waals surface area contributed by atoms with Crippen LogP contribution in [0.1, 0.15) is 11.1 Å². The van der Waals surface area contributed by atoms with Crippen LogP contribution in [0.25, 0.3) is 11.1 Å². The van der Waals surface area contributed by atoms with E-state index in [0.717, 1.165) is 12.1 Å². The van der Waals surface area contributed by atoms with Crippen LogP contribution in [0, 0.1) is 5.82 Å². The van der Waals surface area contributed by atoms with Crippen LogP contribution in [0.15, 0.2) is 40.8 Å². The quantitative estimate of drug-likeness (QED) is 0.739. The molecule has 0 radical (unpaired) electrons. The van der Waals surface area contributed by atoms with Crippen LogP contribution in [0.3, 0.4) is 0 Å². The molecular weight excluding hydrogens is 299 g/mol. The minimum atomic E-state index is -1.34. The number of para-hydroxylation sites is 1. The number of rotatable bonds is 3. The molecule has 3 aromatic rings. The number of nitrogens with zero attached hydrogens (tertiary/aromatic N) is 2. The third-order valence-corrected chi connectivity index (χ3v) is 4.02. The number of hydrogen-bond donors (Lipinski definition) is 0. The third-order valence-electron chi connectivity index (χ3n) is 4.02. The van der Waals surface area contributed by atoms with Gasteiger partial charge in [0.1, 0.15) is 5.52 Å². The maximum Gasteiger partial charge on any atom is 0.303 e. The highest BCUT2D eigenvalue weighted by atomic mass is 19.1. The van der Waals surface area contributed by atoms with Crippen molar-refractivity contribution in [2.45, 2.75) is 12.8 Å². The van der Waals surface area contributed by atoms with E-state index in [-0.39, 0.29) is 11.1 Å². The highest BCUT2D eigenvalue weighted by Crippen LogP contribution is 2.36. The van der Waals surface area contributed by atoms with Gasteiger partial charge in [-0.2, -0.15) is 4.98 Å². The average molecular weight is 311 g/mol. The molecule has 2 aromatic carbocycles. The van der Waals surface area contributed by atoms with Crippen LogP contribution in [0.4, 0.5) is 16.1 Å². The van der Waals surface area contributed by atoms with Crippen molar-refractivity contribution in [1.82, 2.24) is 4.98 Å². The van der Waals surface area contributed by atoms with Gasteiger partial charge in [0.05, 0.1) is 0 Å². The second-order valence-electron chi connectivity index (χ2n) is 5.46. The number of hydrogen-bond acceptors (Lipinski definition) is 5.